The summed E-state index contributed by atoms with van der Waals surface area (Å²) >= 11 is 5.88. The van der Waals surface area contributed by atoms with Crippen LogP contribution in [-0.2, 0) is 9.59 Å². The number of carbonyl (C=O) groups is 2. The maximum Gasteiger partial charge on any atom is 0.247 e. The minimum absolute atomic E-state index is 0.256. The number of likely N-dealkylation sites (N-methyl/N-ethyl adjacent to an activating group) is 1. The fourth-order valence-corrected chi connectivity index (χ4v) is 2.40. The largest absolute Gasteiger partial charge is 0.330 e. The SMILES string of the molecule is CCN(CC(=O)Nc1c(F)cccc1F)C(=O)/C=C/c1cccc(Cl)c1. The van der Waals surface area contributed by atoms with Gasteiger partial charge >= 0.3 is 0 Å². The fraction of sp³-hybridized carbons (Fsp3) is 0.158. The first-order valence-corrected chi connectivity index (χ1v) is 8.25. The Bertz CT molecular complexity index is 820. The first-order valence-electron chi connectivity index (χ1n) is 7.87. The molecule has 2 aromatic rings. The Morgan fingerprint density at radius 3 is 2.42 bits per heavy atom. The van der Waals surface area contributed by atoms with Crippen molar-refractivity contribution in [3.63, 3.8) is 0 Å². The average molecular weight is 379 g/mol. The number of para-hydroxylation sites is 1. The molecule has 4 nitrogen and oxygen atoms in total. The molecule has 0 atom stereocenters. The first-order chi connectivity index (χ1) is 12.4. The molecule has 1 N–H and O–H groups in total. The summed E-state index contributed by atoms with van der Waals surface area (Å²) < 4.78 is 27.1. The van der Waals surface area contributed by atoms with Crippen molar-refractivity contribution < 1.29 is 18.4 Å². The van der Waals surface area contributed by atoms with Gasteiger partial charge < -0.3 is 10.2 Å². The summed E-state index contributed by atoms with van der Waals surface area (Å²) in [5.41, 5.74) is 0.204. The van der Waals surface area contributed by atoms with E-state index in [-0.39, 0.29) is 13.1 Å². The summed E-state index contributed by atoms with van der Waals surface area (Å²) in [5.74, 6) is -2.86. The average Bonchev–Trinajstić information content (AvgIpc) is 2.61. The number of anilines is 1. The van der Waals surface area contributed by atoms with Crippen LogP contribution in [0, 0.1) is 11.6 Å². The maximum atomic E-state index is 13.6. The van der Waals surface area contributed by atoms with Crippen LogP contribution < -0.4 is 5.32 Å². The third kappa shape index (κ3) is 5.39. The Morgan fingerprint density at radius 2 is 1.81 bits per heavy atom. The molecule has 0 spiro atoms. The van der Waals surface area contributed by atoms with E-state index < -0.39 is 29.1 Å². The van der Waals surface area contributed by atoms with Gasteiger partial charge in [0, 0.05) is 17.6 Å². The van der Waals surface area contributed by atoms with Crippen molar-refractivity contribution in [2.24, 2.45) is 0 Å². The predicted molar refractivity (Wildman–Crippen MR) is 97.7 cm³/mol. The summed E-state index contributed by atoms with van der Waals surface area (Å²) in [6.07, 6.45) is 2.89. The molecule has 0 saturated heterocycles. The van der Waals surface area contributed by atoms with Crippen LogP contribution >= 0.6 is 11.6 Å². The number of nitrogens with zero attached hydrogens (tertiary/aromatic N) is 1. The number of hydrogen-bond donors (Lipinski definition) is 1. The molecule has 0 unspecified atom stereocenters. The zero-order valence-corrected chi connectivity index (χ0v) is 14.8. The molecule has 136 valence electrons. The van der Waals surface area contributed by atoms with Gasteiger partial charge in [0.25, 0.3) is 0 Å². The van der Waals surface area contributed by atoms with Crippen molar-refractivity contribution in [2.75, 3.05) is 18.4 Å². The number of carbonyl (C=O) groups excluding carboxylic acids is 2. The summed E-state index contributed by atoms with van der Waals surface area (Å²) in [6.45, 7) is 1.62. The zero-order chi connectivity index (χ0) is 19.1. The highest BCUT2D eigenvalue weighted by molar-refractivity contribution is 6.30. The summed E-state index contributed by atoms with van der Waals surface area (Å²) in [6, 6.07) is 10.2. The highest BCUT2D eigenvalue weighted by Crippen LogP contribution is 2.18. The molecule has 0 aromatic heterocycles. The Balaban J connectivity index is 2.01. The maximum absolute atomic E-state index is 13.6. The monoisotopic (exact) mass is 378 g/mol. The van der Waals surface area contributed by atoms with E-state index >= 15 is 0 Å². The van der Waals surface area contributed by atoms with Crippen LogP contribution in [0.4, 0.5) is 14.5 Å². The lowest BCUT2D eigenvalue weighted by Gasteiger charge is -2.18. The highest BCUT2D eigenvalue weighted by Gasteiger charge is 2.16. The van der Waals surface area contributed by atoms with Crippen molar-refractivity contribution in [3.8, 4) is 0 Å². The number of hydrogen-bond acceptors (Lipinski definition) is 2. The molecular formula is C19H17ClF2N2O2. The predicted octanol–water partition coefficient (Wildman–Crippen LogP) is 4.12. The molecule has 0 fully saturated rings. The normalized spacial score (nSPS) is 10.8. The smallest absolute Gasteiger partial charge is 0.247 e. The molecule has 0 bridgehead atoms. The quantitative estimate of drug-likeness (QED) is 0.769. The van der Waals surface area contributed by atoms with E-state index in [1.54, 1.807) is 37.3 Å². The first kappa shape index (κ1) is 19.6. The van der Waals surface area contributed by atoms with Crippen LogP contribution in [-0.4, -0.2) is 29.8 Å². The Morgan fingerprint density at radius 1 is 1.15 bits per heavy atom. The third-order valence-electron chi connectivity index (χ3n) is 3.52. The van der Waals surface area contributed by atoms with E-state index in [1.165, 1.54) is 17.0 Å². The van der Waals surface area contributed by atoms with Crippen LogP contribution in [0.1, 0.15) is 12.5 Å². The van der Waals surface area contributed by atoms with Gasteiger partial charge in [-0.3, -0.25) is 9.59 Å². The van der Waals surface area contributed by atoms with Crippen molar-refractivity contribution in [2.45, 2.75) is 6.92 Å². The lowest BCUT2D eigenvalue weighted by Crippen LogP contribution is -2.37. The Hall–Kier alpha value is -2.73. The molecule has 2 amide bonds. The minimum Gasteiger partial charge on any atom is -0.330 e. The van der Waals surface area contributed by atoms with Gasteiger partial charge in [-0.1, -0.05) is 29.8 Å². The Kier molecular flexibility index (Phi) is 6.86. The lowest BCUT2D eigenvalue weighted by atomic mass is 10.2. The van der Waals surface area contributed by atoms with E-state index in [1.807, 2.05) is 0 Å². The van der Waals surface area contributed by atoms with Gasteiger partial charge in [0.05, 0.1) is 0 Å². The zero-order valence-electron chi connectivity index (χ0n) is 14.0. The second-order valence-corrected chi connectivity index (χ2v) is 5.82. The Labute approximate surface area is 155 Å². The summed E-state index contributed by atoms with van der Waals surface area (Å²) in [4.78, 5) is 25.5. The molecule has 0 aliphatic heterocycles. The molecule has 2 aromatic carbocycles. The van der Waals surface area contributed by atoms with Gasteiger partial charge in [-0.15, -0.1) is 0 Å². The van der Waals surface area contributed by atoms with Crippen LogP contribution in [0.5, 0.6) is 0 Å². The molecule has 0 aliphatic rings. The summed E-state index contributed by atoms with van der Waals surface area (Å²) in [7, 11) is 0. The third-order valence-corrected chi connectivity index (χ3v) is 3.76. The van der Waals surface area contributed by atoms with E-state index in [9.17, 15) is 18.4 Å². The van der Waals surface area contributed by atoms with Gasteiger partial charge in [0.15, 0.2) is 0 Å². The van der Waals surface area contributed by atoms with E-state index in [0.717, 1.165) is 17.7 Å². The molecule has 2 rings (SSSR count). The molecule has 0 aliphatic carbocycles. The number of nitrogens with one attached hydrogen (secondary N) is 1. The molecular weight excluding hydrogens is 362 g/mol. The second kappa shape index (κ2) is 9.10. The van der Waals surface area contributed by atoms with Crippen LogP contribution in [0.3, 0.4) is 0 Å². The fourth-order valence-electron chi connectivity index (χ4n) is 2.20. The topological polar surface area (TPSA) is 49.4 Å². The van der Waals surface area contributed by atoms with Gasteiger partial charge in [-0.25, -0.2) is 8.78 Å². The summed E-state index contributed by atoms with van der Waals surface area (Å²) in [5, 5.41) is 2.70. The number of benzene rings is 2. The molecule has 0 radical (unpaired) electrons. The van der Waals surface area contributed by atoms with Crippen molar-refractivity contribution in [1.29, 1.82) is 0 Å². The standard InChI is InChI=1S/C19H17ClF2N2O2/c1-2-24(18(26)10-9-13-5-3-6-14(20)11-13)12-17(25)23-19-15(21)7-4-8-16(19)22/h3-11H,2,12H2,1H3,(H,23,25)/b10-9+. The van der Waals surface area contributed by atoms with Gasteiger partial charge in [-0.2, -0.15) is 0 Å². The number of halogens is 3. The minimum atomic E-state index is -0.881. The molecule has 26 heavy (non-hydrogen) atoms. The van der Waals surface area contributed by atoms with Crippen molar-refractivity contribution in [3.05, 3.63) is 70.8 Å². The second-order valence-electron chi connectivity index (χ2n) is 5.39. The van der Waals surface area contributed by atoms with Gasteiger partial charge in [-0.05, 0) is 42.8 Å². The van der Waals surface area contributed by atoms with Crippen LogP contribution in [0.25, 0.3) is 6.08 Å². The number of amides is 2. The number of rotatable bonds is 6. The lowest BCUT2D eigenvalue weighted by molar-refractivity contribution is -0.130. The van der Waals surface area contributed by atoms with E-state index in [4.69, 9.17) is 11.6 Å². The highest BCUT2D eigenvalue weighted by atomic mass is 35.5. The van der Waals surface area contributed by atoms with Crippen LogP contribution in [0.15, 0.2) is 48.5 Å². The van der Waals surface area contributed by atoms with Crippen molar-refractivity contribution in [1.82, 2.24) is 4.90 Å². The molecule has 0 saturated carbocycles. The van der Waals surface area contributed by atoms with Gasteiger partial charge in [0.1, 0.15) is 23.9 Å². The molecule has 7 heteroatoms. The molecule has 0 heterocycles. The van der Waals surface area contributed by atoms with Gasteiger partial charge in [0.2, 0.25) is 11.8 Å². The van der Waals surface area contributed by atoms with E-state index in [0.29, 0.717) is 5.02 Å². The van der Waals surface area contributed by atoms with Crippen molar-refractivity contribution >= 4 is 35.2 Å². The van der Waals surface area contributed by atoms with Crippen LogP contribution in [0.2, 0.25) is 5.02 Å². The van der Waals surface area contributed by atoms with E-state index in [2.05, 4.69) is 5.32 Å².